The number of carbonyl (C=O) groups excluding carboxylic acids is 1. The van der Waals surface area contributed by atoms with Crippen molar-refractivity contribution in [3.8, 4) is 0 Å². The van der Waals surface area contributed by atoms with Gasteiger partial charge in [-0.15, -0.1) is 0 Å². The molecule has 6 heteroatoms. The van der Waals surface area contributed by atoms with E-state index in [2.05, 4.69) is 25.6 Å². The van der Waals surface area contributed by atoms with Crippen LogP contribution in [-0.2, 0) is 0 Å². The van der Waals surface area contributed by atoms with Gasteiger partial charge in [-0.1, -0.05) is 0 Å². The van der Waals surface area contributed by atoms with Gasteiger partial charge < -0.3 is 10.6 Å². The maximum Gasteiger partial charge on any atom is 0.275 e. The number of hydrogen-bond donors (Lipinski definition) is 2. The molecule has 1 amide bonds. The van der Waals surface area contributed by atoms with E-state index in [1.807, 2.05) is 6.92 Å². The van der Waals surface area contributed by atoms with E-state index in [1.54, 1.807) is 31.7 Å². The third kappa shape index (κ3) is 2.60. The van der Waals surface area contributed by atoms with Crippen molar-refractivity contribution in [2.75, 3.05) is 17.7 Å². The molecular formula is C12H13N5O. The van der Waals surface area contributed by atoms with Gasteiger partial charge in [0.2, 0.25) is 0 Å². The van der Waals surface area contributed by atoms with Gasteiger partial charge in [-0.05, 0) is 18.6 Å². The second-order valence-electron chi connectivity index (χ2n) is 3.68. The second kappa shape index (κ2) is 5.22. The van der Waals surface area contributed by atoms with Crippen molar-refractivity contribution in [2.45, 2.75) is 6.92 Å². The van der Waals surface area contributed by atoms with Gasteiger partial charge in [0.1, 0.15) is 11.5 Å². The van der Waals surface area contributed by atoms with Crippen molar-refractivity contribution in [2.24, 2.45) is 0 Å². The van der Waals surface area contributed by atoms with Crippen molar-refractivity contribution in [3.63, 3.8) is 0 Å². The number of nitrogens with zero attached hydrogens (tertiary/aromatic N) is 3. The van der Waals surface area contributed by atoms with Crippen LogP contribution in [0.4, 0.5) is 11.5 Å². The molecule has 2 N–H and O–H groups in total. The summed E-state index contributed by atoms with van der Waals surface area (Å²) >= 11 is 0. The third-order valence-electron chi connectivity index (χ3n) is 2.39. The summed E-state index contributed by atoms with van der Waals surface area (Å²) < 4.78 is 0. The Morgan fingerprint density at radius 2 is 2.06 bits per heavy atom. The highest BCUT2D eigenvalue weighted by Gasteiger charge is 2.10. The Balaban J connectivity index is 2.19. The molecule has 6 nitrogen and oxygen atoms in total. The Hall–Kier alpha value is -2.50. The summed E-state index contributed by atoms with van der Waals surface area (Å²) in [4.78, 5) is 24.0. The molecule has 0 aliphatic carbocycles. The summed E-state index contributed by atoms with van der Waals surface area (Å²) in [6.07, 6.45) is 6.28. The van der Waals surface area contributed by atoms with Crippen molar-refractivity contribution in [1.82, 2.24) is 15.0 Å². The monoisotopic (exact) mass is 243 g/mol. The van der Waals surface area contributed by atoms with Crippen LogP contribution in [0.3, 0.4) is 0 Å². The largest absolute Gasteiger partial charge is 0.372 e. The Morgan fingerprint density at radius 3 is 2.78 bits per heavy atom. The van der Waals surface area contributed by atoms with Gasteiger partial charge in [0.15, 0.2) is 0 Å². The first-order valence-corrected chi connectivity index (χ1v) is 5.42. The van der Waals surface area contributed by atoms with Crippen molar-refractivity contribution in [3.05, 3.63) is 42.1 Å². The molecule has 92 valence electrons. The summed E-state index contributed by atoms with van der Waals surface area (Å²) in [5.41, 5.74) is 1.87. The Kier molecular flexibility index (Phi) is 3.47. The van der Waals surface area contributed by atoms with Crippen LogP contribution < -0.4 is 10.6 Å². The lowest BCUT2D eigenvalue weighted by Gasteiger charge is -2.07. The molecule has 0 radical (unpaired) electrons. The molecule has 2 aromatic heterocycles. The average molecular weight is 243 g/mol. The minimum atomic E-state index is -0.297. The zero-order valence-electron chi connectivity index (χ0n) is 10.1. The van der Waals surface area contributed by atoms with Gasteiger partial charge in [0.05, 0.1) is 12.4 Å². The first-order chi connectivity index (χ1) is 8.70. The van der Waals surface area contributed by atoms with Crippen LogP contribution in [0.5, 0.6) is 0 Å². The third-order valence-corrected chi connectivity index (χ3v) is 2.39. The number of carbonyl (C=O) groups is 1. The number of rotatable bonds is 3. The second-order valence-corrected chi connectivity index (χ2v) is 3.68. The summed E-state index contributed by atoms with van der Waals surface area (Å²) in [5, 5.41) is 5.60. The van der Waals surface area contributed by atoms with Crippen molar-refractivity contribution < 1.29 is 4.79 Å². The number of aryl methyl sites for hydroxylation is 1. The molecule has 2 heterocycles. The zero-order chi connectivity index (χ0) is 13.0. The van der Waals surface area contributed by atoms with Crippen LogP contribution in [0.2, 0.25) is 0 Å². The lowest BCUT2D eigenvalue weighted by atomic mass is 10.2. The molecule has 2 rings (SSSR count). The Labute approximate surface area is 105 Å². The zero-order valence-corrected chi connectivity index (χ0v) is 10.1. The lowest BCUT2D eigenvalue weighted by molar-refractivity contribution is 0.102. The highest BCUT2D eigenvalue weighted by Crippen LogP contribution is 2.13. The van der Waals surface area contributed by atoms with E-state index >= 15 is 0 Å². The number of hydrogen-bond acceptors (Lipinski definition) is 5. The average Bonchev–Trinajstić information content (AvgIpc) is 2.41. The summed E-state index contributed by atoms with van der Waals surface area (Å²) in [6.45, 7) is 1.87. The fraction of sp³-hybridized carbons (Fsp3) is 0.167. The molecule has 0 aliphatic rings. The molecule has 18 heavy (non-hydrogen) atoms. The summed E-state index contributed by atoms with van der Waals surface area (Å²) in [7, 11) is 1.72. The molecule has 0 unspecified atom stereocenters. The number of amides is 1. The van der Waals surface area contributed by atoms with Gasteiger partial charge in [0, 0.05) is 25.1 Å². The van der Waals surface area contributed by atoms with E-state index < -0.39 is 0 Å². The lowest BCUT2D eigenvalue weighted by Crippen LogP contribution is -2.15. The first kappa shape index (κ1) is 12.0. The molecular weight excluding hydrogens is 230 g/mol. The summed E-state index contributed by atoms with van der Waals surface area (Å²) in [6, 6.07) is 1.74. The maximum atomic E-state index is 12.0. The quantitative estimate of drug-likeness (QED) is 0.853. The maximum absolute atomic E-state index is 12.0. The minimum Gasteiger partial charge on any atom is -0.372 e. The molecule has 0 bridgehead atoms. The van der Waals surface area contributed by atoms with E-state index in [0.29, 0.717) is 11.5 Å². The van der Waals surface area contributed by atoms with Gasteiger partial charge in [-0.25, -0.2) is 4.98 Å². The van der Waals surface area contributed by atoms with Crippen LogP contribution in [0.1, 0.15) is 16.1 Å². The van der Waals surface area contributed by atoms with Crippen LogP contribution >= 0.6 is 0 Å². The molecule has 0 saturated carbocycles. The van der Waals surface area contributed by atoms with E-state index in [1.165, 1.54) is 6.20 Å². The first-order valence-electron chi connectivity index (χ1n) is 5.42. The number of nitrogens with one attached hydrogen (secondary N) is 2. The predicted octanol–water partition coefficient (Wildman–Crippen LogP) is 1.47. The van der Waals surface area contributed by atoms with E-state index in [4.69, 9.17) is 0 Å². The highest BCUT2D eigenvalue weighted by atomic mass is 16.1. The van der Waals surface area contributed by atoms with Gasteiger partial charge in [-0.2, -0.15) is 0 Å². The molecule has 0 atom stereocenters. The van der Waals surface area contributed by atoms with Gasteiger partial charge in [0.25, 0.3) is 5.91 Å². The normalized spacial score (nSPS) is 9.89. The summed E-state index contributed by atoms with van der Waals surface area (Å²) in [5.74, 6) is 0.253. The fourth-order valence-electron chi connectivity index (χ4n) is 1.40. The topological polar surface area (TPSA) is 79.8 Å². The molecule has 0 aliphatic heterocycles. The standard InChI is InChI=1S/C12H13N5O/c1-8-5-14-4-3-9(8)17-12(18)10-6-15-7-11(13-2)16-10/h3-7H,1-2H3,(H,13,16)(H,14,17,18). The van der Waals surface area contributed by atoms with E-state index in [0.717, 1.165) is 5.56 Å². The van der Waals surface area contributed by atoms with E-state index in [-0.39, 0.29) is 11.6 Å². The van der Waals surface area contributed by atoms with Gasteiger partial charge in [-0.3, -0.25) is 14.8 Å². The molecule has 0 saturated heterocycles. The van der Waals surface area contributed by atoms with Crippen LogP contribution in [-0.4, -0.2) is 27.9 Å². The molecule has 0 spiro atoms. The number of anilines is 2. The Bertz CT molecular complexity index is 570. The Morgan fingerprint density at radius 1 is 1.22 bits per heavy atom. The minimum absolute atomic E-state index is 0.262. The molecule has 0 fully saturated rings. The number of pyridine rings is 1. The highest BCUT2D eigenvalue weighted by molar-refractivity contribution is 6.03. The SMILES string of the molecule is CNc1cncc(C(=O)Nc2ccncc2C)n1. The molecule has 2 aromatic rings. The van der Waals surface area contributed by atoms with Crippen LogP contribution in [0.15, 0.2) is 30.9 Å². The molecule has 0 aromatic carbocycles. The smallest absolute Gasteiger partial charge is 0.275 e. The number of aromatic nitrogens is 3. The van der Waals surface area contributed by atoms with Gasteiger partial charge >= 0.3 is 0 Å². The van der Waals surface area contributed by atoms with E-state index in [9.17, 15) is 4.79 Å². The fourth-order valence-corrected chi connectivity index (χ4v) is 1.40. The predicted molar refractivity (Wildman–Crippen MR) is 68.5 cm³/mol. The van der Waals surface area contributed by atoms with Crippen molar-refractivity contribution >= 4 is 17.4 Å². The van der Waals surface area contributed by atoms with Crippen LogP contribution in [0, 0.1) is 6.92 Å². The van der Waals surface area contributed by atoms with Crippen molar-refractivity contribution in [1.29, 1.82) is 0 Å². The van der Waals surface area contributed by atoms with Crippen LogP contribution in [0.25, 0.3) is 0 Å².